The predicted octanol–water partition coefficient (Wildman–Crippen LogP) is 2.88. The molecule has 1 atom stereocenters. The summed E-state index contributed by atoms with van der Waals surface area (Å²) in [6.45, 7) is 1.89. The Hall–Kier alpha value is -0.270. The van der Waals surface area contributed by atoms with E-state index < -0.39 is 4.33 Å². The Morgan fingerprint density at radius 3 is 2.50 bits per heavy atom. The fourth-order valence-electron chi connectivity index (χ4n) is 1.02. The molecule has 1 unspecified atom stereocenters. The summed E-state index contributed by atoms with van der Waals surface area (Å²) >= 11 is 11.6. The van der Waals surface area contributed by atoms with Crippen LogP contribution in [0.5, 0.6) is 0 Å². The van der Waals surface area contributed by atoms with E-state index in [-0.39, 0.29) is 5.92 Å². The minimum atomic E-state index is -0.700. The van der Waals surface area contributed by atoms with Gasteiger partial charge in [-0.1, -0.05) is 18.2 Å². The molecule has 1 saturated carbocycles. The first kappa shape index (κ1) is 9.82. The molecule has 1 fully saturated rings. The van der Waals surface area contributed by atoms with Gasteiger partial charge < -0.3 is 0 Å². The van der Waals surface area contributed by atoms with E-state index in [4.69, 9.17) is 23.2 Å². The molecular weight excluding hydrogens is 195 g/mol. The Morgan fingerprint density at radius 2 is 2.17 bits per heavy atom. The Bertz CT molecular complexity index is 241. The van der Waals surface area contributed by atoms with Gasteiger partial charge in [0.05, 0.1) is 0 Å². The van der Waals surface area contributed by atoms with Crippen LogP contribution in [0.2, 0.25) is 0 Å². The second kappa shape index (κ2) is 3.63. The van der Waals surface area contributed by atoms with Crippen molar-refractivity contribution < 1.29 is 4.79 Å². The van der Waals surface area contributed by atoms with Crippen LogP contribution in [0.4, 0.5) is 0 Å². The third-order valence-corrected chi connectivity index (χ3v) is 2.68. The number of carbonyl (C=O) groups is 1. The molecule has 12 heavy (non-hydrogen) atoms. The average Bonchev–Trinajstić information content (AvgIpc) is 2.62. The SMILES string of the molecule is C/C=C/C=C(/C=O)C1CC1(Cl)Cl. The van der Waals surface area contributed by atoms with Gasteiger partial charge in [0.2, 0.25) is 0 Å². The Labute approximate surface area is 82.0 Å². The molecule has 1 rings (SSSR count). The van der Waals surface area contributed by atoms with Crippen molar-refractivity contribution in [3.63, 3.8) is 0 Å². The lowest BCUT2D eigenvalue weighted by atomic mass is 10.2. The number of hydrogen-bond acceptors (Lipinski definition) is 1. The maximum atomic E-state index is 10.6. The van der Waals surface area contributed by atoms with Crippen LogP contribution in [0.1, 0.15) is 13.3 Å². The standard InChI is InChI=1S/C9H10Cl2O/c1-2-3-4-7(6-12)8-5-9(8,10)11/h2-4,6,8H,5H2,1H3/b3-2+,7-4-. The molecule has 0 amide bonds. The van der Waals surface area contributed by atoms with Crippen LogP contribution in [0.25, 0.3) is 0 Å². The Balaban J connectivity index is 2.66. The van der Waals surface area contributed by atoms with Crippen molar-refractivity contribution in [2.45, 2.75) is 17.7 Å². The van der Waals surface area contributed by atoms with Crippen molar-refractivity contribution in [2.75, 3.05) is 0 Å². The van der Waals surface area contributed by atoms with Gasteiger partial charge in [-0.2, -0.15) is 0 Å². The number of rotatable bonds is 3. The molecule has 66 valence electrons. The fraction of sp³-hybridized carbons (Fsp3) is 0.444. The maximum Gasteiger partial charge on any atom is 0.146 e. The van der Waals surface area contributed by atoms with Crippen LogP contribution in [0, 0.1) is 5.92 Å². The second-order valence-corrected chi connectivity index (χ2v) is 4.37. The lowest BCUT2D eigenvalue weighted by Crippen LogP contribution is -1.95. The van der Waals surface area contributed by atoms with E-state index in [1.807, 2.05) is 19.1 Å². The van der Waals surface area contributed by atoms with Gasteiger partial charge in [0.15, 0.2) is 0 Å². The average molecular weight is 205 g/mol. The van der Waals surface area contributed by atoms with Crippen LogP contribution in [-0.4, -0.2) is 10.6 Å². The van der Waals surface area contributed by atoms with E-state index >= 15 is 0 Å². The largest absolute Gasteiger partial charge is 0.298 e. The summed E-state index contributed by atoms with van der Waals surface area (Å²) in [5.41, 5.74) is 0.679. The zero-order chi connectivity index (χ0) is 9.19. The van der Waals surface area contributed by atoms with Gasteiger partial charge in [-0.3, -0.25) is 4.79 Å². The fourth-order valence-corrected chi connectivity index (χ4v) is 1.58. The minimum absolute atomic E-state index is 0.0227. The van der Waals surface area contributed by atoms with Crippen LogP contribution >= 0.6 is 23.2 Å². The van der Waals surface area contributed by atoms with Gasteiger partial charge in [-0.05, 0) is 18.9 Å². The molecule has 0 N–H and O–H groups in total. The molecule has 3 heteroatoms. The number of alkyl halides is 2. The van der Waals surface area contributed by atoms with Crippen molar-refractivity contribution in [3.05, 3.63) is 23.8 Å². The van der Waals surface area contributed by atoms with Gasteiger partial charge in [0.25, 0.3) is 0 Å². The molecule has 1 aliphatic carbocycles. The molecule has 0 aromatic rings. The summed E-state index contributed by atoms with van der Waals surface area (Å²) < 4.78 is -0.700. The normalized spacial score (nSPS) is 27.6. The smallest absolute Gasteiger partial charge is 0.146 e. The van der Waals surface area contributed by atoms with Crippen molar-refractivity contribution in [2.24, 2.45) is 5.92 Å². The van der Waals surface area contributed by atoms with E-state index in [1.165, 1.54) is 0 Å². The van der Waals surface area contributed by atoms with E-state index in [0.29, 0.717) is 12.0 Å². The third-order valence-electron chi connectivity index (χ3n) is 1.85. The molecular formula is C9H10Cl2O. The van der Waals surface area contributed by atoms with Crippen molar-refractivity contribution in [1.29, 1.82) is 0 Å². The molecule has 0 saturated heterocycles. The van der Waals surface area contributed by atoms with Gasteiger partial charge >= 0.3 is 0 Å². The summed E-state index contributed by atoms with van der Waals surface area (Å²) in [6, 6.07) is 0. The number of allylic oxidation sites excluding steroid dienone is 4. The highest BCUT2D eigenvalue weighted by atomic mass is 35.5. The molecule has 1 nitrogen and oxygen atoms in total. The lowest BCUT2D eigenvalue weighted by molar-refractivity contribution is -0.105. The Kier molecular flexibility index (Phi) is 2.97. The van der Waals surface area contributed by atoms with E-state index in [1.54, 1.807) is 6.08 Å². The maximum absolute atomic E-state index is 10.6. The highest BCUT2D eigenvalue weighted by molar-refractivity contribution is 6.51. The first-order valence-electron chi connectivity index (χ1n) is 3.77. The highest BCUT2D eigenvalue weighted by Crippen LogP contribution is 2.56. The third kappa shape index (κ3) is 2.11. The predicted molar refractivity (Wildman–Crippen MR) is 51.5 cm³/mol. The summed E-state index contributed by atoms with van der Waals surface area (Å²) in [5, 5.41) is 0. The van der Waals surface area contributed by atoms with Crippen LogP contribution in [-0.2, 0) is 4.79 Å². The topological polar surface area (TPSA) is 17.1 Å². The molecule has 0 aromatic heterocycles. The van der Waals surface area contributed by atoms with E-state index in [2.05, 4.69) is 0 Å². The van der Waals surface area contributed by atoms with Gasteiger partial charge in [-0.25, -0.2) is 0 Å². The molecule has 1 aliphatic rings. The molecule has 0 spiro atoms. The quantitative estimate of drug-likeness (QED) is 0.299. The zero-order valence-corrected chi connectivity index (χ0v) is 8.27. The molecule has 0 heterocycles. The summed E-state index contributed by atoms with van der Waals surface area (Å²) in [4.78, 5) is 10.6. The lowest BCUT2D eigenvalue weighted by Gasteiger charge is -1.96. The summed E-state index contributed by atoms with van der Waals surface area (Å²) in [5.74, 6) is 0.0227. The number of carbonyl (C=O) groups excluding carboxylic acids is 1. The molecule has 0 radical (unpaired) electrons. The second-order valence-electron chi connectivity index (χ2n) is 2.83. The van der Waals surface area contributed by atoms with Crippen molar-refractivity contribution >= 4 is 29.5 Å². The molecule has 0 bridgehead atoms. The number of halogens is 2. The van der Waals surface area contributed by atoms with Gasteiger partial charge in [0.1, 0.15) is 10.6 Å². The van der Waals surface area contributed by atoms with E-state index in [9.17, 15) is 4.79 Å². The van der Waals surface area contributed by atoms with E-state index in [0.717, 1.165) is 6.29 Å². The van der Waals surface area contributed by atoms with Gasteiger partial charge in [-0.15, -0.1) is 23.2 Å². The highest BCUT2D eigenvalue weighted by Gasteiger charge is 2.53. The van der Waals surface area contributed by atoms with Crippen molar-refractivity contribution in [1.82, 2.24) is 0 Å². The van der Waals surface area contributed by atoms with Crippen LogP contribution in [0.3, 0.4) is 0 Å². The monoisotopic (exact) mass is 204 g/mol. The van der Waals surface area contributed by atoms with Crippen LogP contribution in [0.15, 0.2) is 23.8 Å². The summed E-state index contributed by atoms with van der Waals surface area (Å²) in [6.07, 6.45) is 6.92. The first-order valence-corrected chi connectivity index (χ1v) is 4.53. The zero-order valence-electron chi connectivity index (χ0n) is 6.76. The number of hydrogen-bond donors (Lipinski definition) is 0. The number of aldehydes is 1. The molecule has 0 aromatic carbocycles. The first-order chi connectivity index (χ1) is 5.61. The summed E-state index contributed by atoms with van der Waals surface area (Å²) in [7, 11) is 0. The Morgan fingerprint density at radius 1 is 1.58 bits per heavy atom. The molecule has 0 aliphatic heterocycles. The minimum Gasteiger partial charge on any atom is -0.298 e. The van der Waals surface area contributed by atoms with Crippen molar-refractivity contribution in [3.8, 4) is 0 Å². The van der Waals surface area contributed by atoms with Crippen LogP contribution < -0.4 is 0 Å². The van der Waals surface area contributed by atoms with Gasteiger partial charge in [0, 0.05) is 5.92 Å².